The van der Waals surface area contributed by atoms with Gasteiger partial charge in [-0.2, -0.15) is 0 Å². The Hall–Kier alpha value is -1.66. The zero-order valence-corrected chi connectivity index (χ0v) is 45.9. The number of esters is 1. The van der Waals surface area contributed by atoms with Gasteiger partial charge in [0.25, 0.3) is 0 Å². The van der Waals surface area contributed by atoms with Crippen LogP contribution in [0.4, 0.5) is 0 Å². The lowest BCUT2D eigenvalue weighted by molar-refractivity contribution is -0.143. The maximum absolute atomic E-state index is 12.5. The van der Waals surface area contributed by atoms with Gasteiger partial charge in [0.1, 0.15) is 0 Å². The van der Waals surface area contributed by atoms with E-state index in [-0.39, 0.29) is 18.5 Å². The zero-order chi connectivity index (χ0) is 49.3. The fraction of sp³-hybridized carbons (Fsp3) is 0.903. The molecule has 0 heterocycles. The molecule has 0 rings (SSSR count). The number of nitrogens with one attached hydrogen (secondary N) is 1. The molecule has 0 aliphatic heterocycles. The normalized spacial score (nSPS) is 12.7. The monoisotopic (exact) mass is 958 g/mol. The van der Waals surface area contributed by atoms with E-state index < -0.39 is 12.1 Å². The van der Waals surface area contributed by atoms with E-state index in [1.54, 1.807) is 0 Å². The van der Waals surface area contributed by atoms with Crippen LogP contribution >= 0.6 is 0 Å². The van der Waals surface area contributed by atoms with Crippen molar-refractivity contribution in [3.8, 4) is 0 Å². The molecule has 6 nitrogen and oxygen atoms in total. The summed E-state index contributed by atoms with van der Waals surface area (Å²) in [7, 11) is 0. The highest BCUT2D eigenvalue weighted by Gasteiger charge is 2.20. The Labute approximate surface area is 424 Å². The van der Waals surface area contributed by atoms with Gasteiger partial charge >= 0.3 is 5.97 Å². The van der Waals surface area contributed by atoms with Crippen molar-refractivity contribution in [2.24, 2.45) is 0 Å². The number of carbonyl (C=O) groups excluding carboxylic acids is 2. The lowest BCUT2D eigenvalue weighted by atomic mass is 10.0. The highest BCUT2D eigenvalue weighted by molar-refractivity contribution is 5.76. The molecule has 0 fully saturated rings. The van der Waals surface area contributed by atoms with Gasteiger partial charge in [-0.3, -0.25) is 9.59 Å². The van der Waals surface area contributed by atoms with Crippen LogP contribution in [0.1, 0.15) is 335 Å². The number of rotatable bonds is 57. The fourth-order valence-corrected chi connectivity index (χ4v) is 9.57. The Morgan fingerprint density at radius 1 is 0.412 bits per heavy atom. The van der Waals surface area contributed by atoms with Crippen molar-refractivity contribution in [2.75, 3.05) is 13.2 Å². The minimum absolute atomic E-state index is 0.0115. The zero-order valence-electron chi connectivity index (χ0n) is 45.9. The molecule has 0 bridgehead atoms. The SMILES string of the molecule is CCCCCCCCCCCCCCCCCCCCCC(=O)OCCCCCCCC/C=C\C/C=C\CCC(=O)NC(CO)C(O)CCCCCCCCCCCCCCCCCCCCC. The first-order chi connectivity index (χ1) is 33.5. The standard InChI is InChI=1S/C62H119NO5/c1-3-5-7-9-11-13-15-17-19-21-23-25-27-30-34-38-42-46-50-54-60(65)59(58-64)63-61(66)55-51-47-43-39-35-31-29-33-37-41-45-49-53-57-68-62(67)56-52-48-44-40-36-32-28-26-24-22-20-18-16-14-12-10-8-6-4-2/h31,35,43,47,59-60,64-65H,3-30,32-34,36-42,44-46,48-58H2,1-2H3,(H,63,66)/b35-31-,47-43-. The van der Waals surface area contributed by atoms with Crippen LogP contribution in [0.3, 0.4) is 0 Å². The molecular formula is C62H119NO5. The number of carbonyl (C=O) groups is 2. The summed E-state index contributed by atoms with van der Waals surface area (Å²) in [5, 5.41) is 23.3. The molecule has 0 spiro atoms. The molecule has 68 heavy (non-hydrogen) atoms. The number of hydrogen-bond donors (Lipinski definition) is 3. The predicted molar refractivity (Wildman–Crippen MR) is 296 cm³/mol. The highest BCUT2D eigenvalue weighted by Crippen LogP contribution is 2.18. The van der Waals surface area contributed by atoms with Crippen molar-refractivity contribution < 1.29 is 24.5 Å². The molecule has 0 saturated heterocycles. The third-order valence-corrected chi connectivity index (χ3v) is 14.3. The van der Waals surface area contributed by atoms with Crippen LogP contribution in [0, 0.1) is 0 Å². The van der Waals surface area contributed by atoms with E-state index in [0.29, 0.717) is 32.3 Å². The smallest absolute Gasteiger partial charge is 0.305 e. The Bertz CT molecular complexity index is 1060. The third kappa shape index (κ3) is 53.7. The van der Waals surface area contributed by atoms with Crippen LogP contribution in [0.15, 0.2) is 24.3 Å². The molecule has 0 aliphatic carbocycles. The van der Waals surface area contributed by atoms with Gasteiger partial charge in [-0.1, -0.05) is 301 Å². The van der Waals surface area contributed by atoms with E-state index in [9.17, 15) is 19.8 Å². The van der Waals surface area contributed by atoms with Crippen molar-refractivity contribution >= 4 is 11.9 Å². The van der Waals surface area contributed by atoms with Crippen molar-refractivity contribution in [3.63, 3.8) is 0 Å². The number of aliphatic hydroxyl groups is 2. The van der Waals surface area contributed by atoms with Crippen molar-refractivity contribution in [2.45, 2.75) is 347 Å². The summed E-state index contributed by atoms with van der Waals surface area (Å²) in [6.07, 6.45) is 70.5. The van der Waals surface area contributed by atoms with Crippen molar-refractivity contribution in [1.82, 2.24) is 5.32 Å². The number of unbranched alkanes of at least 4 members (excludes halogenated alkanes) is 42. The summed E-state index contributed by atoms with van der Waals surface area (Å²) in [6.45, 7) is 4.92. The number of hydrogen-bond acceptors (Lipinski definition) is 5. The summed E-state index contributed by atoms with van der Waals surface area (Å²) < 4.78 is 5.48. The second kappa shape index (κ2) is 57.9. The molecule has 0 aromatic rings. The Balaban J connectivity index is 3.50. The van der Waals surface area contributed by atoms with Gasteiger partial charge in [0.15, 0.2) is 0 Å². The summed E-state index contributed by atoms with van der Waals surface area (Å²) in [5.74, 6) is -0.124. The van der Waals surface area contributed by atoms with Gasteiger partial charge in [-0.05, 0) is 44.9 Å². The number of aliphatic hydroxyl groups excluding tert-OH is 2. The molecule has 2 unspecified atom stereocenters. The Morgan fingerprint density at radius 2 is 0.750 bits per heavy atom. The lowest BCUT2D eigenvalue weighted by Crippen LogP contribution is -2.45. The van der Waals surface area contributed by atoms with Crippen molar-refractivity contribution in [1.29, 1.82) is 0 Å². The molecular weight excluding hydrogens is 839 g/mol. The molecule has 0 aliphatic rings. The minimum atomic E-state index is -0.699. The van der Waals surface area contributed by atoms with Crippen molar-refractivity contribution in [3.05, 3.63) is 24.3 Å². The van der Waals surface area contributed by atoms with Gasteiger partial charge in [-0.25, -0.2) is 0 Å². The summed E-state index contributed by atoms with van der Waals surface area (Å²) in [6, 6.07) is -0.586. The van der Waals surface area contributed by atoms with Crippen LogP contribution in [0.5, 0.6) is 0 Å². The molecule has 3 N–H and O–H groups in total. The summed E-state index contributed by atoms with van der Waals surface area (Å²) >= 11 is 0. The average Bonchev–Trinajstić information content (AvgIpc) is 3.34. The topological polar surface area (TPSA) is 95.9 Å². The number of amides is 1. The van der Waals surface area contributed by atoms with Crippen LogP contribution in [0.25, 0.3) is 0 Å². The second-order valence-corrected chi connectivity index (χ2v) is 21.0. The van der Waals surface area contributed by atoms with Crippen LogP contribution in [-0.2, 0) is 14.3 Å². The molecule has 6 heteroatoms. The van der Waals surface area contributed by atoms with Gasteiger partial charge in [0.05, 0.1) is 25.4 Å². The first kappa shape index (κ1) is 66.3. The fourth-order valence-electron chi connectivity index (χ4n) is 9.57. The van der Waals surface area contributed by atoms with Gasteiger partial charge in [-0.15, -0.1) is 0 Å². The largest absolute Gasteiger partial charge is 0.466 e. The number of ether oxygens (including phenoxy) is 1. The second-order valence-electron chi connectivity index (χ2n) is 21.0. The molecule has 0 radical (unpaired) electrons. The summed E-state index contributed by atoms with van der Waals surface area (Å²) in [5.41, 5.74) is 0. The number of allylic oxidation sites excluding steroid dienone is 4. The molecule has 1 amide bonds. The quantitative estimate of drug-likeness (QED) is 0.0321. The first-order valence-corrected chi connectivity index (χ1v) is 30.6. The molecule has 2 atom stereocenters. The Kier molecular flexibility index (Phi) is 56.5. The van der Waals surface area contributed by atoms with Gasteiger partial charge in [0.2, 0.25) is 5.91 Å². The van der Waals surface area contributed by atoms with E-state index in [1.807, 2.05) is 6.08 Å². The molecule has 0 saturated carbocycles. The Morgan fingerprint density at radius 3 is 1.15 bits per heavy atom. The maximum atomic E-state index is 12.5. The third-order valence-electron chi connectivity index (χ3n) is 14.3. The lowest BCUT2D eigenvalue weighted by Gasteiger charge is -2.22. The first-order valence-electron chi connectivity index (χ1n) is 30.6. The van der Waals surface area contributed by atoms with Crippen LogP contribution in [0.2, 0.25) is 0 Å². The van der Waals surface area contributed by atoms with E-state index in [2.05, 4.69) is 37.4 Å². The molecule has 0 aromatic carbocycles. The minimum Gasteiger partial charge on any atom is -0.466 e. The summed E-state index contributed by atoms with van der Waals surface area (Å²) in [4.78, 5) is 24.6. The maximum Gasteiger partial charge on any atom is 0.305 e. The van der Waals surface area contributed by atoms with Gasteiger partial charge < -0.3 is 20.3 Å². The van der Waals surface area contributed by atoms with Gasteiger partial charge in [0, 0.05) is 12.8 Å². The average molecular weight is 959 g/mol. The van der Waals surface area contributed by atoms with E-state index in [4.69, 9.17) is 4.74 Å². The predicted octanol–water partition coefficient (Wildman–Crippen LogP) is 19.0. The molecule has 402 valence electrons. The van der Waals surface area contributed by atoms with Crippen LogP contribution in [-0.4, -0.2) is 47.4 Å². The highest BCUT2D eigenvalue weighted by atomic mass is 16.5. The van der Waals surface area contributed by atoms with Crippen LogP contribution < -0.4 is 5.32 Å². The van der Waals surface area contributed by atoms with E-state index >= 15 is 0 Å². The van der Waals surface area contributed by atoms with E-state index in [1.165, 1.54) is 244 Å². The molecule has 0 aromatic heterocycles. The van der Waals surface area contributed by atoms with E-state index in [0.717, 1.165) is 51.4 Å².